The number of carbonyl (C=O) groups is 1. The van der Waals surface area contributed by atoms with Crippen LogP contribution in [0.5, 0.6) is 0 Å². The summed E-state index contributed by atoms with van der Waals surface area (Å²) >= 11 is 0. The van der Waals surface area contributed by atoms with Gasteiger partial charge in [0.15, 0.2) is 5.69 Å². The van der Waals surface area contributed by atoms with Gasteiger partial charge in [0.05, 0.1) is 11.7 Å². The van der Waals surface area contributed by atoms with Crippen molar-refractivity contribution in [3.63, 3.8) is 0 Å². The van der Waals surface area contributed by atoms with E-state index in [1.54, 1.807) is 0 Å². The van der Waals surface area contributed by atoms with Gasteiger partial charge in [0.25, 0.3) is 5.91 Å². The zero-order valence-corrected chi connectivity index (χ0v) is 14.2. The van der Waals surface area contributed by atoms with Gasteiger partial charge in [0.1, 0.15) is 0 Å². The summed E-state index contributed by atoms with van der Waals surface area (Å²) in [7, 11) is 0. The first-order valence-corrected chi connectivity index (χ1v) is 8.70. The second-order valence-electron chi connectivity index (χ2n) is 6.29. The van der Waals surface area contributed by atoms with Crippen LogP contribution in [0.25, 0.3) is 0 Å². The second-order valence-corrected chi connectivity index (χ2v) is 6.29. The third kappa shape index (κ3) is 4.00. The number of rotatable bonds is 6. The van der Waals surface area contributed by atoms with E-state index in [1.807, 2.05) is 29.8 Å². The van der Waals surface area contributed by atoms with Crippen LogP contribution < -0.4 is 10.6 Å². The van der Waals surface area contributed by atoms with Gasteiger partial charge in [0, 0.05) is 6.54 Å². The van der Waals surface area contributed by atoms with Crippen LogP contribution in [0, 0.1) is 6.92 Å². The molecule has 128 valence electrons. The van der Waals surface area contributed by atoms with Gasteiger partial charge in [-0.3, -0.25) is 4.79 Å². The number of aryl methyl sites for hydroxylation is 1. The first-order chi connectivity index (χ1) is 11.8. The Balaban J connectivity index is 1.51. The van der Waals surface area contributed by atoms with Gasteiger partial charge in [0.2, 0.25) is 0 Å². The van der Waals surface area contributed by atoms with Crippen molar-refractivity contribution in [2.45, 2.75) is 38.6 Å². The molecule has 1 fully saturated rings. The van der Waals surface area contributed by atoms with Crippen molar-refractivity contribution in [3.05, 3.63) is 47.3 Å². The topological polar surface area (TPSA) is 71.8 Å². The fourth-order valence-electron chi connectivity index (χ4n) is 3.17. The highest BCUT2D eigenvalue weighted by Crippen LogP contribution is 2.20. The van der Waals surface area contributed by atoms with Crippen molar-refractivity contribution in [1.82, 2.24) is 25.6 Å². The number of benzene rings is 1. The van der Waals surface area contributed by atoms with Gasteiger partial charge >= 0.3 is 0 Å². The van der Waals surface area contributed by atoms with E-state index in [1.165, 1.54) is 5.56 Å². The van der Waals surface area contributed by atoms with E-state index in [0.29, 0.717) is 18.3 Å². The fraction of sp³-hybridized carbons (Fsp3) is 0.500. The minimum absolute atomic E-state index is 0.124. The van der Waals surface area contributed by atoms with E-state index in [0.717, 1.165) is 44.5 Å². The van der Waals surface area contributed by atoms with E-state index >= 15 is 0 Å². The van der Waals surface area contributed by atoms with Crippen molar-refractivity contribution >= 4 is 5.91 Å². The molecule has 0 atom stereocenters. The maximum Gasteiger partial charge on any atom is 0.273 e. The molecule has 1 aromatic heterocycles. The minimum atomic E-state index is -0.124. The van der Waals surface area contributed by atoms with Gasteiger partial charge in [-0.2, -0.15) is 0 Å². The summed E-state index contributed by atoms with van der Waals surface area (Å²) in [6.45, 7) is 4.56. The average Bonchev–Trinajstić information content (AvgIpc) is 3.02. The molecule has 1 saturated heterocycles. The molecule has 3 rings (SSSR count). The van der Waals surface area contributed by atoms with Crippen molar-refractivity contribution in [2.24, 2.45) is 0 Å². The number of nitrogens with one attached hydrogen (secondary N) is 2. The van der Waals surface area contributed by atoms with Crippen molar-refractivity contribution in [1.29, 1.82) is 0 Å². The van der Waals surface area contributed by atoms with Crippen LogP contribution in [-0.4, -0.2) is 40.5 Å². The third-order valence-corrected chi connectivity index (χ3v) is 4.57. The SMILES string of the molecule is Cc1c(C(=O)NCCCc2ccccc2)nnn1C1CCNCC1. The predicted molar refractivity (Wildman–Crippen MR) is 93.0 cm³/mol. The predicted octanol–water partition coefficient (Wildman–Crippen LogP) is 1.87. The molecule has 2 N–H and O–H groups in total. The lowest BCUT2D eigenvalue weighted by Crippen LogP contribution is -2.30. The standard InChI is InChI=1S/C18H25N5O/c1-14-17(21-22-23(14)16-9-12-19-13-10-16)18(24)20-11-5-8-15-6-3-2-4-7-15/h2-4,6-7,16,19H,5,8-13H2,1H3,(H,20,24). The normalized spacial score (nSPS) is 15.4. The van der Waals surface area contributed by atoms with Gasteiger partial charge < -0.3 is 10.6 Å². The number of hydrogen-bond acceptors (Lipinski definition) is 4. The first-order valence-electron chi connectivity index (χ1n) is 8.70. The Bertz CT molecular complexity index is 661. The summed E-state index contributed by atoms with van der Waals surface area (Å²) in [5.41, 5.74) is 2.61. The molecule has 0 unspecified atom stereocenters. The quantitative estimate of drug-likeness (QED) is 0.795. The Labute approximate surface area is 142 Å². The Morgan fingerprint density at radius 1 is 1.29 bits per heavy atom. The summed E-state index contributed by atoms with van der Waals surface area (Å²) in [4.78, 5) is 12.3. The molecule has 1 amide bonds. The van der Waals surface area contributed by atoms with E-state index in [9.17, 15) is 4.79 Å². The lowest BCUT2D eigenvalue weighted by atomic mass is 10.1. The zero-order chi connectivity index (χ0) is 16.8. The fourth-order valence-corrected chi connectivity index (χ4v) is 3.17. The van der Waals surface area contributed by atoms with Gasteiger partial charge in [-0.25, -0.2) is 4.68 Å². The van der Waals surface area contributed by atoms with Crippen LogP contribution in [-0.2, 0) is 6.42 Å². The number of carbonyl (C=O) groups excluding carboxylic acids is 1. The summed E-state index contributed by atoms with van der Waals surface area (Å²) in [6, 6.07) is 10.7. The summed E-state index contributed by atoms with van der Waals surface area (Å²) < 4.78 is 1.92. The molecule has 6 nitrogen and oxygen atoms in total. The number of aromatic nitrogens is 3. The molecule has 2 heterocycles. The molecular weight excluding hydrogens is 302 g/mol. The summed E-state index contributed by atoms with van der Waals surface area (Å²) in [5.74, 6) is -0.124. The molecule has 1 aliphatic heterocycles. The highest BCUT2D eigenvalue weighted by molar-refractivity contribution is 5.93. The molecule has 0 spiro atoms. The van der Waals surface area contributed by atoms with E-state index in [-0.39, 0.29) is 5.91 Å². The van der Waals surface area contributed by atoms with Gasteiger partial charge in [-0.1, -0.05) is 35.5 Å². The molecule has 0 radical (unpaired) electrons. The molecule has 0 bridgehead atoms. The average molecular weight is 327 g/mol. The van der Waals surface area contributed by atoms with Crippen LogP contribution >= 0.6 is 0 Å². The molecule has 24 heavy (non-hydrogen) atoms. The molecule has 1 aromatic carbocycles. The van der Waals surface area contributed by atoms with Crippen molar-refractivity contribution in [3.8, 4) is 0 Å². The summed E-state index contributed by atoms with van der Waals surface area (Å²) in [5, 5.41) is 14.6. The molecule has 2 aromatic rings. The lowest BCUT2D eigenvalue weighted by Gasteiger charge is -2.23. The first kappa shape index (κ1) is 16.6. The number of nitrogens with zero attached hydrogens (tertiary/aromatic N) is 3. The molecular formula is C18H25N5O. The minimum Gasteiger partial charge on any atom is -0.351 e. The van der Waals surface area contributed by atoms with Crippen LogP contribution in [0.15, 0.2) is 30.3 Å². The molecule has 6 heteroatoms. The Hall–Kier alpha value is -2.21. The van der Waals surface area contributed by atoms with E-state index in [4.69, 9.17) is 0 Å². The van der Waals surface area contributed by atoms with Crippen molar-refractivity contribution < 1.29 is 4.79 Å². The van der Waals surface area contributed by atoms with E-state index in [2.05, 4.69) is 33.1 Å². The monoisotopic (exact) mass is 327 g/mol. The molecule has 0 aliphatic carbocycles. The smallest absolute Gasteiger partial charge is 0.273 e. The third-order valence-electron chi connectivity index (χ3n) is 4.57. The van der Waals surface area contributed by atoms with Crippen molar-refractivity contribution in [2.75, 3.05) is 19.6 Å². The lowest BCUT2D eigenvalue weighted by molar-refractivity contribution is 0.0947. The maximum absolute atomic E-state index is 12.3. The summed E-state index contributed by atoms with van der Waals surface area (Å²) in [6.07, 6.45) is 3.93. The highest BCUT2D eigenvalue weighted by atomic mass is 16.2. The van der Waals surface area contributed by atoms with Gasteiger partial charge in [-0.05, 0) is 51.3 Å². The Morgan fingerprint density at radius 3 is 2.79 bits per heavy atom. The van der Waals surface area contributed by atoms with Crippen LogP contribution in [0.1, 0.15) is 47.1 Å². The second kappa shape index (κ2) is 8.06. The highest BCUT2D eigenvalue weighted by Gasteiger charge is 2.22. The van der Waals surface area contributed by atoms with Crippen LogP contribution in [0.4, 0.5) is 0 Å². The number of piperidine rings is 1. The number of amides is 1. The molecule has 1 aliphatic rings. The van der Waals surface area contributed by atoms with E-state index < -0.39 is 0 Å². The Morgan fingerprint density at radius 2 is 2.04 bits per heavy atom. The zero-order valence-electron chi connectivity index (χ0n) is 14.2. The maximum atomic E-state index is 12.3. The molecule has 0 saturated carbocycles. The Kier molecular flexibility index (Phi) is 5.59. The van der Waals surface area contributed by atoms with Crippen LogP contribution in [0.2, 0.25) is 0 Å². The van der Waals surface area contributed by atoms with Gasteiger partial charge in [-0.15, -0.1) is 5.10 Å². The van der Waals surface area contributed by atoms with Crippen LogP contribution in [0.3, 0.4) is 0 Å². The number of hydrogen-bond donors (Lipinski definition) is 2. The largest absolute Gasteiger partial charge is 0.351 e.